The summed E-state index contributed by atoms with van der Waals surface area (Å²) < 4.78 is 4.87. The molecule has 1 amide bonds. The number of hydrogen-bond acceptors (Lipinski definition) is 4. The number of carbonyl (C=O) groups excluding carboxylic acids is 2. The fourth-order valence-electron chi connectivity index (χ4n) is 1.37. The predicted octanol–water partition coefficient (Wildman–Crippen LogP) is 1.13. The first-order valence-electron chi connectivity index (χ1n) is 5.27. The highest BCUT2D eigenvalue weighted by atomic mass is 16.5. The molecule has 5 nitrogen and oxygen atoms in total. The van der Waals surface area contributed by atoms with Crippen molar-refractivity contribution in [2.24, 2.45) is 0 Å². The van der Waals surface area contributed by atoms with Crippen molar-refractivity contribution in [2.45, 2.75) is 19.9 Å². The Kier molecular flexibility index (Phi) is 4.51. The van der Waals surface area contributed by atoms with Crippen LogP contribution in [0, 0.1) is 0 Å². The first-order chi connectivity index (χ1) is 8.04. The SMILES string of the molecule is CCOC(=O)[C@H](NC(C)=O)c1ccc(O)cc1. The fraction of sp³-hybridized carbons (Fsp3) is 0.333. The number of carbonyl (C=O) groups is 2. The highest BCUT2D eigenvalue weighted by Crippen LogP contribution is 2.18. The smallest absolute Gasteiger partial charge is 0.333 e. The molecule has 0 heterocycles. The molecule has 0 aliphatic rings. The van der Waals surface area contributed by atoms with E-state index in [4.69, 9.17) is 9.84 Å². The number of esters is 1. The number of nitrogens with one attached hydrogen (secondary N) is 1. The van der Waals surface area contributed by atoms with Crippen LogP contribution in [-0.2, 0) is 14.3 Å². The van der Waals surface area contributed by atoms with Crippen LogP contribution in [0.1, 0.15) is 25.5 Å². The van der Waals surface area contributed by atoms with Gasteiger partial charge in [0.05, 0.1) is 6.61 Å². The number of benzene rings is 1. The second-order valence-electron chi connectivity index (χ2n) is 3.48. The largest absolute Gasteiger partial charge is 0.508 e. The molecule has 5 heteroatoms. The van der Waals surface area contributed by atoms with Crippen molar-refractivity contribution >= 4 is 11.9 Å². The van der Waals surface area contributed by atoms with E-state index in [2.05, 4.69) is 5.32 Å². The lowest BCUT2D eigenvalue weighted by molar-refractivity contribution is -0.147. The van der Waals surface area contributed by atoms with Crippen molar-refractivity contribution in [3.63, 3.8) is 0 Å². The van der Waals surface area contributed by atoms with Crippen molar-refractivity contribution in [2.75, 3.05) is 6.61 Å². The first kappa shape index (κ1) is 13.0. The molecule has 92 valence electrons. The van der Waals surface area contributed by atoms with Gasteiger partial charge in [-0.2, -0.15) is 0 Å². The van der Waals surface area contributed by atoms with Gasteiger partial charge in [-0.1, -0.05) is 12.1 Å². The monoisotopic (exact) mass is 237 g/mol. The van der Waals surface area contributed by atoms with Crippen LogP contribution in [0.5, 0.6) is 5.75 Å². The van der Waals surface area contributed by atoms with Crippen molar-refractivity contribution in [3.05, 3.63) is 29.8 Å². The number of ether oxygens (including phenoxy) is 1. The van der Waals surface area contributed by atoms with Crippen molar-refractivity contribution < 1.29 is 19.4 Å². The zero-order valence-corrected chi connectivity index (χ0v) is 9.77. The van der Waals surface area contributed by atoms with Crippen LogP contribution in [0.3, 0.4) is 0 Å². The molecule has 0 spiro atoms. The lowest BCUT2D eigenvalue weighted by Gasteiger charge is -2.16. The van der Waals surface area contributed by atoms with Gasteiger partial charge in [-0.3, -0.25) is 4.79 Å². The van der Waals surface area contributed by atoms with Gasteiger partial charge in [-0.05, 0) is 24.6 Å². The van der Waals surface area contributed by atoms with Crippen LogP contribution in [0.25, 0.3) is 0 Å². The maximum absolute atomic E-state index is 11.7. The molecule has 0 unspecified atom stereocenters. The molecule has 2 N–H and O–H groups in total. The zero-order chi connectivity index (χ0) is 12.8. The van der Waals surface area contributed by atoms with Crippen molar-refractivity contribution in [3.8, 4) is 5.75 Å². The topological polar surface area (TPSA) is 75.6 Å². The standard InChI is InChI=1S/C12H15NO4/c1-3-17-12(16)11(13-8(2)14)9-4-6-10(15)7-5-9/h4-7,11,15H,3H2,1-2H3,(H,13,14)/t11-/m1/s1. The van der Waals surface area contributed by atoms with Gasteiger partial charge in [0.1, 0.15) is 5.75 Å². The number of rotatable bonds is 4. The molecule has 1 aromatic carbocycles. The Balaban J connectivity index is 2.92. The molecule has 0 bridgehead atoms. The van der Waals surface area contributed by atoms with Gasteiger partial charge < -0.3 is 15.2 Å². The van der Waals surface area contributed by atoms with E-state index in [-0.39, 0.29) is 18.3 Å². The quantitative estimate of drug-likeness (QED) is 0.770. The summed E-state index contributed by atoms with van der Waals surface area (Å²) in [5, 5.41) is 11.7. The third-order valence-corrected chi connectivity index (χ3v) is 2.10. The molecule has 17 heavy (non-hydrogen) atoms. The molecule has 0 saturated carbocycles. The Hall–Kier alpha value is -2.04. The van der Waals surface area contributed by atoms with Gasteiger partial charge in [0.25, 0.3) is 0 Å². The Bertz CT molecular complexity index is 399. The van der Waals surface area contributed by atoms with E-state index in [0.717, 1.165) is 0 Å². The summed E-state index contributed by atoms with van der Waals surface area (Å²) in [7, 11) is 0. The molecule has 0 aromatic heterocycles. The minimum atomic E-state index is -0.840. The lowest BCUT2D eigenvalue weighted by atomic mass is 10.1. The lowest BCUT2D eigenvalue weighted by Crippen LogP contribution is -2.33. The Morgan fingerprint density at radius 1 is 1.35 bits per heavy atom. The minimum absolute atomic E-state index is 0.0965. The van der Waals surface area contributed by atoms with E-state index in [1.54, 1.807) is 19.1 Å². The van der Waals surface area contributed by atoms with Crippen molar-refractivity contribution in [1.82, 2.24) is 5.32 Å². The highest BCUT2D eigenvalue weighted by Gasteiger charge is 2.22. The second kappa shape index (κ2) is 5.89. The third-order valence-electron chi connectivity index (χ3n) is 2.10. The normalized spacial score (nSPS) is 11.6. The van der Waals surface area contributed by atoms with Crippen LogP contribution in [0.15, 0.2) is 24.3 Å². The maximum Gasteiger partial charge on any atom is 0.333 e. The number of phenolic OH excluding ortho intramolecular Hbond substituents is 1. The summed E-state index contributed by atoms with van der Waals surface area (Å²) >= 11 is 0. The zero-order valence-electron chi connectivity index (χ0n) is 9.77. The van der Waals surface area contributed by atoms with E-state index in [9.17, 15) is 9.59 Å². The highest BCUT2D eigenvalue weighted by molar-refractivity contribution is 5.84. The average Bonchev–Trinajstić information content (AvgIpc) is 2.27. The molecule has 0 radical (unpaired) electrons. The van der Waals surface area contributed by atoms with Gasteiger partial charge in [-0.15, -0.1) is 0 Å². The van der Waals surface area contributed by atoms with Crippen LogP contribution in [0.2, 0.25) is 0 Å². The van der Waals surface area contributed by atoms with E-state index in [1.165, 1.54) is 19.1 Å². The molecule has 1 rings (SSSR count). The average molecular weight is 237 g/mol. The molecular formula is C12H15NO4. The third kappa shape index (κ3) is 3.79. The predicted molar refractivity (Wildman–Crippen MR) is 61.3 cm³/mol. The maximum atomic E-state index is 11.7. The molecular weight excluding hydrogens is 222 g/mol. The Labute approximate surface area is 99.4 Å². The van der Waals surface area contributed by atoms with Gasteiger partial charge in [0.15, 0.2) is 6.04 Å². The Morgan fingerprint density at radius 2 is 1.94 bits per heavy atom. The first-order valence-corrected chi connectivity index (χ1v) is 5.27. The minimum Gasteiger partial charge on any atom is -0.508 e. The summed E-state index contributed by atoms with van der Waals surface area (Å²) in [6, 6.07) is 5.18. The van der Waals surface area contributed by atoms with E-state index in [0.29, 0.717) is 5.56 Å². The van der Waals surface area contributed by atoms with E-state index < -0.39 is 12.0 Å². The Morgan fingerprint density at radius 3 is 2.41 bits per heavy atom. The summed E-state index contributed by atoms with van der Waals surface area (Å²) in [4.78, 5) is 22.7. The van der Waals surface area contributed by atoms with Crippen molar-refractivity contribution in [1.29, 1.82) is 0 Å². The van der Waals surface area contributed by atoms with Crippen LogP contribution < -0.4 is 5.32 Å². The van der Waals surface area contributed by atoms with Gasteiger partial charge in [0, 0.05) is 6.92 Å². The summed E-state index contributed by atoms with van der Waals surface area (Å²) in [5.41, 5.74) is 0.566. The van der Waals surface area contributed by atoms with Gasteiger partial charge in [0.2, 0.25) is 5.91 Å². The number of hydrogen-bond donors (Lipinski definition) is 2. The van der Waals surface area contributed by atoms with Crippen LogP contribution in [-0.4, -0.2) is 23.6 Å². The fourth-order valence-corrected chi connectivity index (χ4v) is 1.37. The molecule has 0 saturated heterocycles. The molecule has 0 fully saturated rings. The summed E-state index contributed by atoms with van der Waals surface area (Å²) in [6.45, 7) is 3.26. The second-order valence-corrected chi connectivity index (χ2v) is 3.48. The number of amides is 1. The summed E-state index contributed by atoms with van der Waals surface area (Å²) in [6.07, 6.45) is 0. The van der Waals surface area contributed by atoms with Crippen LogP contribution in [0.4, 0.5) is 0 Å². The number of phenols is 1. The molecule has 1 aromatic rings. The van der Waals surface area contributed by atoms with E-state index >= 15 is 0 Å². The van der Waals surface area contributed by atoms with Crippen LogP contribution >= 0.6 is 0 Å². The number of aromatic hydroxyl groups is 1. The molecule has 1 atom stereocenters. The van der Waals surface area contributed by atoms with Gasteiger partial charge >= 0.3 is 5.97 Å². The van der Waals surface area contributed by atoms with E-state index in [1.807, 2.05) is 0 Å². The summed E-state index contributed by atoms with van der Waals surface area (Å²) in [5.74, 6) is -0.747. The molecule has 0 aliphatic carbocycles. The molecule has 0 aliphatic heterocycles. The van der Waals surface area contributed by atoms with Gasteiger partial charge in [-0.25, -0.2) is 4.79 Å².